The first-order valence-electron chi connectivity index (χ1n) is 13.7. The first-order chi connectivity index (χ1) is 19.1. The molecule has 10 nitrogen and oxygen atoms in total. The van der Waals surface area contributed by atoms with E-state index in [2.05, 4.69) is 80.8 Å². The van der Waals surface area contributed by atoms with Gasteiger partial charge in [-0.15, -0.1) is 10.2 Å². The maximum Gasteiger partial charge on any atom is 0.325 e. The number of methoxy groups -OCH3 is 1. The maximum atomic E-state index is 12.1. The number of amidine groups is 1. The number of nitrogens with one attached hydrogen (secondary N) is 1. The zero-order chi connectivity index (χ0) is 27.2. The van der Waals surface area contributed by atoms with Crippen LogP contribution in [0.25, 0.3) is 22.5 Å². The van der Waals surface area contributed by atoms with Crippen LogP contribution in [-0.2, 0) is 16.1 Å². The summed E-state index contributed by atoms with van der Waals surface area (Å²) in [5.74, 6) is 1.35. The van der Waals surface area contributed by atoms with E-state index in [0.717, 1.165) is 54.2 Å². The number of aromatic amines is 1. The third-order valence-corrected chi connectivity index (χ3v) is 7.26. The highest BCUT2D eigenvalue weighted by molar-refractivity contribution is 6.00. The number of ether oxygens (including phenoxy) is 1. The van der Waals surface area contributed by atoms with Crippen molar-refractivity contribution in [2.24, 2.45) is 4.99 Å². The van der Waals surface area contributed by atoms with Crippen molar-refractivity contribution >= 4 is 11.8 Å². The fraction of sp³-hybridized carbons (Fsp3) is 0.414. The number of carbonyl (C=O) groups excluding carboxylic acids is 1. The summed E-state index contributed by atoms with van der Waals surface area (Å²) >= 11 is 0. The van der Waals surface area contributed by atoms with E-state index >= 15 is 0 Å². The number of hydrogen-bond donors (Lipinski definition) is 1. The third kappa shape index (κ3) is 5.79. The summed E-state index contributed by atoms with van der Waals surface area (Å²) < 4.78 is 4.94. The van der Waals surface area contributed by atoms with Gasteiger partial charge in [-0.3, -0.25) is 4.79 Å². The second-order valence-corrected chi connectivity index (χ2v) is 9.87. The number of esters is 1. The summed E-state index contributed by atoms with van der Waals surface area (Å²) in [5.41, 5.74) is 5.35. The Kier molecular flexibility index (Phi) is 8.19. The van der Waals surface area contributed by atoms with Gasteiger partial charge in [0.1, 0.15) is 12.7 Å². The van der Waals surface area contributed by atoms with Gasteiger partial charge in [0.05, 0.1) is 19.5 Å². The summed E-state index contributed by atoms with van der Waals surface area (Å²) in [7, 11) is 1.43. The minimum atomic E-state index is -0.246. The molecule has 0 bridgehead atoms. The van der Waals surface area contributed by atoms with Crippen LogP contribution in [0.2, 0.25) is 0 Å². The van der Waals surface area contributed by atoms with Crippen molar-refractivity contribution in [3.8, 4) is 22.5 Å². The fourth-order valence-corrected chi connectivity index (χ4v) is 5.20. The van der Waals surface area contributed by atoms with Crippen molar-refractivity contribution in [2.45, 2.75) is 52.2 Å². The van der Waals surface area contributed by atoms with Gasteiger partial charge in [0.2, 0.25) is 5.82 Å². The topological polar surface area (TPSA) is 103 Å². The Morgan fingerprint density at radius 3 is 2.56 bits per heavy atom. The highest BCUT2D eigenvalue weighted by Gasteiger charge is 2.36. The Balaban J connectivity index is 1.41. The lowest BCUT2D eigenvalue weighted by Crippen LogP contribution is -2.47. The van der Waals surface area contributed by atoms with Crippen LogP contribution >= 0.6 is 0 Å². The summed E-state index contributed by atoms with van der Waals surface area (Å²) in [6.07, 6.45) is 6.65. The average molecular weight is 529 g/mol. The number of aliphatic imine (C=N–C) groups is 1. The Labute approximate surface area is 229 Å². The van der Waals surface area contributed by atoms with Crippen LogP contribution in [0.3, 0.4) is 0 Å². The number of likely N-dealkylation sites (N-methyl/N-ethyl adjacent to an activating group) is 1. The predicted octanol–water partition coefficient (Wildman–Crippen LogP) is 4.26. The smallest absolute Gasteiger partial charge is 0.325 e. The number of aromatic nitrogens is 4. The molecule has 1 aromatic heterocycles. The Bertz CT molecular complexity index is 1320. The van der Waals surface area contributed by atoms with E-state index in [4.69, 9.17) is 9.73 Å². The van der Waals surface area contributed by atoms with Gasteiger partial charge >= 0.3 is 5.97 Å². The molecule has 2 aliphatic heterocycles. The Morgan fingerprint density at radius 1 is 1.08 bits per heavy atom. The van der Waals surface area contributed by atoms with Crippen molar-refractivity contribution in [3.63, 3.8) is 0 Å². The van der Waals surface area contributed by atoms with Gasteiger partial charge in [0, 0.05) is 24.9 Å². The quantitative estimate of drug-likeness (QED) is 0.291. The van der Waals surface area contributed by atoms with Gasteiger partial charge in [0.25, 0.3) is 0 Å². The van der Waals surface area contributed by atoms with Gasteiger partial charge < -0.3 is 19.4 Å². The number of fused-ring (bicyclic) bond motifs is 1. The third-order valence-electron chi connectivity index (χ3n) is 7.26. The molecule has 2 aromatic carbocycles. The molecular weight excluding hydrogens is 492 g/mol. The first-order valence-corrected chi connectivity index (χ1v) is 13.7. The number of nitrogens with zero attached hydrogens (tertiary/aromatic N) is 7. The average Bonchev–Trinajstić information content (AvgIpc) is 3.62. The van der Waals surface area contributed by atoms with E-state index in [-0.39, 0.29) is 18.7 Å². The molecule has 10 heteroatoms. The Hall–Kier alpha value is -4.21. The van der Waals surface area contributed by atoms with Crippen LogP contribution in [0.4, 0.5) is 0 Å². The molecule has 0 fully saturated rings. The van der Waals surface area contributed by atoms with E-state index in [1.54, 1.807) is 0 Å². The van der Waals surface area contributed by atoms with Crippen LogP contribution in [0, 0.1) is 0 Å². The lowest BCUT2D eigenvalue weighted by Gasteiger charge is -2.37. The summed E-state index contributed by atoms with van der Waals surface area (Å²) in [5, 5.41) is 14.6. The summed E-state index contributed by atoms with van der Waals surface area (Å²) in [4.78, 5) is 23.9. The van der Waals surface area contributed by atoms with Crippen molar-refractivity contribution in [1.82, 2.24) is 35.3 Å². The molecule has 0 radical (unpaired) electrons. The minimum Gasteiger partial charge on any atom is -0.468 e. The van der Waals surface area contributed by atoms with Crippen LogP contribution in [0.5, 0.6) is 0 Å². The molecule has 39 heavy (non-hydrogen) atoms. The molecule has 0 amide bonds. The van der Waals surface area contributed by atoms with E-state index in [1.165, 1.54) is 25.5 Å². The van der Waals surface area contributed by atoms with Crippen molar-refractivity contribution in [3.05, 3.63) is 66.0 Å². The van der Waals surface area contributed by atoms with Gasteiger partial charge in [-0.1, -0.05) is 68.3 Å². The predicted molar refractivity (Wildman–Crippen MR) is 150 cm³/mol. The molecule has 0 spiro atoms. The van der Waals surface area contributed by atoms with Crippen molar-refractivity contribution < 1.29 is 9.53 Å². The molecule has 1 unspecified atom stereocenters. The molecule has 3 heterocycles. The normalized spacial score (nSPS) is 16.7. The van der Waals surface area contributed by atoms with Crippen molar-refractivity contribution in [1.29, 1.82) is 0 Å². The zero-order valence-electron chi connectivity index (χ0n) is 22.9. The van der Waals surface area contributed by atoms with E-state index in [1.807, 2.05) is 23.1 Å². The molecule has 1 N–H and O–H groups in total. The number of tetrazole rings is 1. The SMILES string of the molecule is CCCCCC1N=C2C(=CN(CC(=O)OC)CN2CC)N1Cc1ccc(-c2ccccc2-c2nn[nH]n2)cc1. The number of carbonyl (C=O) groups is 1. The lowest BCUT2D eigenvalue weighted by molar-refractivity contribution is -0.141. The molecule has 204 valence electrons. The van der Waals surface area contributed by atoms with Crippen LogP contribution in [-0.4, -0.2) is 80.2 Å². The molecule has 0 saturated heterocycles. The van der Waals surface area contributed by atoms with Crippen LogP contribution in [0.15, 0.2) is 65.4 Å². The van der Waals surface area contributed by atoms with Gasteiger partial charge in [-0.05, 0) is 41.7 Å². The molecule has 2 aliphatic rings. The molecule has 0 aliphatic carbocycles. The monoisotopic (exact) mass is 528 g/mol. The summed E-state index contributed by atoms with van der Waals surface area (Å²) in [6.45, 7) is 6.73. The minimum absolute atomic E-state index is 0.0727. The number of H-pyrrole nitrogens is 1. The fourth-order valence-electron chi connectivity index (χ4n) is 5.20. The Morgan fingerprint density at radius 2 is 1.87 bits per heavy atom. The second kappa shape index (κ2) is 12.1. The van der Waals surface area contributed by atoms with Crippen LogP contribution in [0.1, 0.15) is 45.1 Å². The maximum absolute atomic E-state index is 12.1. The molecule has 1 atom stereocenters. The van der Waals surface area contributed by atoms with E-state index in [9.17, 15) is 4.79 Å². The largest absolute Gasteiger partial charge is 0.468 e. The highest BCUT2D eigenvalue weighted by atomic mass is 16.5. The van der Waals surface area contributed by atoms with Gasteiger partial charge in [-0.25, -0.2) is 4.99 Å². The first kappa shape index (κ1) is 26.4. The standard InChI is InChI=1S/C29H36N8O2/c1-4-6-7-12-26-30-29-25(18-35(19-27(38)39-3)20-36(29)5-2)37(26)17-21-13-15-22(16-14-21)23-10-8-9-11-24(23)28-31-33-34-32-28/h8-11,13-16,18,26H,4-7,12,17,19-20H2,1-3H3,(H,31,32,33,34). The van der Waals surface area contributed by atoms with Crippen LogP contribution < -0.4 is 0 Å². The summed E-state index contributed by atoms with van der Waals surface area (Å²) in [6, 6.07) is 16.7. The second-order valence-electron chi connectivity index (χ2n) is 9.87. The van der Waals surface area contributed by atoms with E-state index in [0.29, 0.717) is 12.5 Å². The highest BCUT2D eigenvalue weighted by Crippen LogP contribution is 2.33. The number of rotatable bonds is 11. The van der Waals surface area contributed by atoms with Gasteiger partial charge in [-0.2, -0.15) is 5.21 Å². The zero-order valence-corrected chi connectivity index (χ0v) is 22.9. The van der Waals surface area contributed by atoms with Crippen molar-refractivity contribution in [2.75, 3.05) is 26.9 Å². The van der Waals surface area contributed by atoms with Gasteiger partial charge in [0.15, 0.2) is 5.84 Å². The number of unbranched alkanes of at least 4 members (excludes halogenated alkanes) is 2. The molecular formula is C29H36N8O2. The number of benzene rings is 2. The lowest BCUT2D eigenvalue weighted by atomic mass is 9.98. The molecule has 5 rings (SSSR count). The molecule has 3 aromatic rings. The molecule has 0 saturated carbocycles. The van der Waals surface area contributed by atoms with E-state index < -0.39 is 0 Å². The number of hydrogen-bond acceptors (Lipinski definition) is 9.